The number of likely N-dealkylation sites (tertiary alicyclic amines) is 1. The Hall–Kier alpha value is -1.59. The number of amides is 1. The Morgan fingerprint density at radius 2 is 1.81 bits per heavy atom. The van der Waals surface area contributed by atoms with Crippen LogP contribution in [0.4, 0.5) is 4.79 Å². The molecule has 27 heavy (non-hydrogen) atoms. The zero-order valence-corrected chi connectivity index (χ0v) is 17.1. The molecule has 5 nitrogen and oxygen atoms in total. The molecule has 2 N–H and O–H groups in total. The number of Topliss-reactive ketones (excluding diaryl/α,β-unsaturated/α-hetero) is 1. The number of ketones is 1. The van der Waals surface area contributed by atoms with Crippen molar-refractivity contribution in [1.82, 2.24) is 4.90 Å². The van der Waals surface area contributed by atoms with Gasteiger partial charge in [-0.3, -0.25) is 4.79 Å². The average molecular weight is 393 g/mol. The maximum atomic E-state index is 12.4. The number of hydrogen-bond donors (Lipinski definition) is 1. The highest BCUT2D eigenvalue weighted by molar-refractivity contribution is 6.30. The number of halogens is 1. The summed E-state index contributed by atoms with van der Waals surface area (Å²) in [5, 5.41) is 0.691. The van der Waals surface area contributed by atoms with Crippen LogP contribution in [-0.2, 0) is 14.9 Å². The van der Waals surface area contributed by atoms with Gasteiger partial charge in [0.2, 0.25) is 0 Å². The molecule has 0 radical (unpaired) electrons. The number of carbonyl (C=O) groups excluding carboxylic acids is 2. The van der Waals surface area contributed by atoms with Crippen LogP contribution in [0.1, 0.15) is 45.6 Å². The first kappa shape index (κ1) is 20.2. The fourth-order valence-corrected chi connectivity index (χ4v) is 4.62. The molecule has 2 aliphatic rings. The Balaban J connectivity index is 1.74. The summed E-state index contributed by atoms with van der Waals surface area (Å²) in [6.07, 6.45) is 2.29. The Bertz CT molecular complexity index is 705. The van der Waals surface area contributed by atoms with Gasteiger partial charge in [0.05, 0.1) is 6.54 Å². The van der Waals surface area contributed by atoms with Gasteiger partial charge in [0.15, 0.2) is 0 Å². The van der Waals surface area contributed by atoms with E-state index in [4.69, 9.17) is 22.1 Å². The minimum atomic E-state index is -0.492. The van der Waals surface area contributed by atoms with E-state index in [-0.39, 0.29) is 29.8 Å². The van der Waals surface area contributed by atoms with Gasteiger partial charge in [0.25, 0.3) is 0 Å². The molecular formula is C21H29ClN2O3. The average Bonchev–Trinajstić information content (AvgIpc) is 3.37. The molecule has 2 atom stereocenters. The van der Waals surface area contributed by atoms with E-state index < -0.39 is 5.60 Å². The van der Waals surface area contributed by atoms with Gasteiger partial charge in [-0.25, -0.2) is 4.79 Å². The molecule has 0 spiro atoms. The van der Waals surface area contributed by atoms with Crippen LogP contribution >= 0.6 is 11.6 Å². The van der Waals surface area contributed by atoms with E-state index in [9.17, 15) is 9.59 Å². The molecule has 1 saturated heterocycles. The van der Waals surface area contributed by atoms with E-state index in [2.05, 4.69) is 0 Å². The summed E-state index contributed by atoms with van der Waals surface area (Å²) in [7, 11) is 0. The van der Waals surface area contributed by atoms with Crippen molar-refractivity contribution >= 4 is 23.5 Å². The lowest BCUT2D eigenvalue weighted by molar-refractivity contribution is -0.119. The fraction of sp³-hybridized carbons (Fsp3) is 0.619. The van der Waals surface area contributed by atoms with Crippen LogP contribution in [0.5, 0.6) is 0 Å². The maximum Gasteiger partial charge on any atom is 0.410 e. The van der Waals surface area contributed by atoms with Crippen molar-refractivity contribution < 1.29 is 14.3 Å². The summed E-state index contributed by atoms with van der Waals surface area (Å²) >= 11 is 6.06. The van der Waals surface area contributed by atoms with Gasteiger partial charge in [0.1, 0.15) is 11.4 Å². The Morgan fingerprint density at radius 1 is 1.22 bits per heavy atom. The first-order valence-corrected chi connectivity index (χ1v) is 10.0. The molecule has 1 amide bonds. The van der Waals surface area contributed by atoms with Crippen molar-refractivity contribution in [3.05, 3.63) is 34.9 Å². The van der Waals surface area contributed by atoms with Gasteiger partial charge in [-0.2, -0.15) is 0 Å². The molecule has 3 rings (SSSR count). The van der Waals surface area contributed by atoms with E-state index in [1.165, 1.54) is 0 Å². The van der Waals surface area contributed by atoms with Crippen LogP contribution in [0.15, 0.2) is 24.3 Å². The second-order valence-corrected chi connectivity index (χ2v) is 9.15. The van der Waals surface area contributed by atoms with Gasteiger partial charge >= 0.3 is 6.09 Å². The smallest absolute Gasteiger partial charge is 0.410 e. The summed E-state index contributed by atoms with van der Waals surface area (Å²) in [4.78, 5) is 26.5. The predicted molar refractivity (Wildman–Crippen MR) is 106 cm³/mol. The molecular weight excluding hydrogens is 364 g/mol. The van der Waals surface area contributed by atoms with E-state index in [0.29, 0.717) is 24.0 Å². The Labute approximate surface area is 166 Å². The van der Waals surface area contributed by atoms with Crippen LogP contribution in [0.2, 0.25) is 5.02 Å². The van der Waals surface area contributed by atoms with Crippen LogP contribution in [0.25, 0.3) is 0 Å². The summed E-state index contributed by atoms with van der Waals surface area (Å²) in [6.45, 7) is 7.01. The molecule has 148 valence electrons. The summed E-state index contributed by atoms with van der Waals surface area (Å²) in [5.74, 6) is 0.444. The lowest BCUT2D eigenvalue weighted by atomic mass is 9.75. The van der Waals surface area contributed by atoms with Crippen LogP contribution in [0, 0.1) is 11.8 Å². The summed E-state index contributed by atoms with van der Waals surface area (Å²) in [5.41, 5.74) is 6.15. The molecule has 1 aromatic rings. The Kier molecular flexibility index (Phi) is 5.55. The second-order valence-electron chi connectivity index (χ2n) is 8.72. The zero-order chi connectivity index (χ0) is 19.8. The number of nitrogens with two attached hydrogens (primary N) is 1. The molecule has 1 saturated carbocycles. The summed E-state index contributed by atoms with van der Waals surface area (Å²) < 4.78 is 5.49. The topological polar surface area (TPSA) is 72.6 Å². The van der Waals surface area contributed by atoms with Crippen LogP contribution < -0.4 is 5.73 Å². The molecule has 0 aromatic heterocycles. The summed E-state index contributed by atoms with van der Waals surface area (Å²) in [6, 6.07) is 7.84. The van der Waals surface area contributed by atoms with Crippen molar-refractivity contribution in [2.75, 3.05) is 19.6 Å². The molecule has 0 unspecified atom stereocenters. The second kappa shape index (κ2) is 7.44. The molecule has 2 fully saturated rings. The van der Waals surface area contributed by atoms with Crippen molar-refractivity contribution in [1.29, 1.82) is 0 Å². The molecule has 0 bridgehead atoms. The van der Waals surface area contributed by atoms with Crippen LogP contribution in [-0.4, -0.2) is 42.0 Å². The highest BCUT2D eigenvalue weighted by Crippen LogP contribution is 2.61. The third kappa shape index (κ3) is 4.14. The highest BCUT2D eigenvalue weighted by atomic mass is 35.5. The molecule has 1 aromatic carbocycles. The lowest BCUT2D eigenvalue weighted by Gasteiger charge is -2.38. The van der Waals surface area contributed by atoms with Gasteiger partial charge in [-0.05, 0) is 63.6 Å². The number of nitrogens with zero attached hydrogens (tertiary/aromatic N) is 1. The lowest BCUT2D eigenvalue weighted by Crippen LogP contribution is -2.44. The van der Waals surface area contributed by atoms with Gasteiger partial charge in [-0.15, -0.1) is 0 Å². The van der Waals surface area contributed by atoms with Gasteiger partial charge < -0.3 is 15.4 Å². The molecule has 1 aliphatic carbocycles. The standard InChI is InChI=1S/C21H29ClN2O3/c1-20(2,3)27-19(26)24-10-8-15(9-11-24)21(12-17(21)18(25)13-23)14-4-6-16(22)7-5-14/h4-7,15,17H,8-13,23H2,1-3H3/t17-,21+/m1/s1. The predicted octanol–water partition coefficient (Wildman–Crippen LogP) is 3.77. The number of hydrogen-bond acceptors (Lipinski definition) is 4. The van der Waals surface area contributed by atoms with Gasteiger partial charge in [0, 0.05) is 29.4 Å². The number of ether oxygens (including phenoxy) is 1. The van der Waals surface area contributed by atoms with Crippen molar-refractivity contribution in [3.8, 4) is 0 Å². The SMILES string of the molecule is CC(C)(C)OC(=O)N1CCC([C@@]2(c3ccc(Cl)cc3)C[C@@H]2C(=O)CN)CC1. The van der Waals surface area contributed by atoms with E-state index in [1.807, 2.05) is 45.0 Å². The third-order valence-corrected chi connectivity index (χ3v) is 6.10. The molecule has 1 heterocycles. The van der Waals surface area contributed by atoms with Crippen molar-refractivity contribution in [2.45, 2.75) is 51.0 Å². The third-order valence-electron chi connectivity index (χ3n) is 5.85. The number of benzene rings is 1. The van der Waals surface area contributed by atoms with E-state index in [1.54, 1.807) is 4.90 Å². The quantitative estimate of drug-likeness (QED) is 0.846. The monoisotopic (exact) mass is 392 g/mol. The van der Waals surface area contributed by atoms with Crippen molar-refractivity contribution in [3.63, 3.8) is 0 Å². The first-order chi connectivity index (χ1) is 12.7. The van der Waals surface area contributed by atoms with Gasteiger partial charge in [-0.1, -0.05) is 23.7 Å². The molecule has 1 aliphatic heterocycles. The minimum Gasteiger partial charge on any atom is -0.444 e. The number of rotatable bonds is 4. The number of piperidine rings is 1. The molecule has 6 heteroatoms. The largest absolute Gasteiger partial charge is 0.444 e. The fourth-order valence-electron chi connectivity index (χ4n) is 4.49. The maximum absolute atomic E-state index is 12.4. The van der Waals surface area contributed by atoms with E-state index in [0.717, 1.165) is 24.8 Å². The van der Waals surface area contributed by atoms with Crippen molar-refractivity contribution in [2.24, 2.45) is 17.6 Å². The zero-order valence-electron chi connectivity index (χ0n) is 16.3. The normalized spacial score (nSPS) is 26.0. The minimum absolute atomic E-state index is 0.0262. The van der Waals surface area contributed by atoms with E-state index >= 15 is 0 Å². The van der Waals surface area contributed by atoms with Crippen LogP contribution in [0.3, 0.4) is 0 Å². The Morgan fingerprint density at radius 3 is 2.33 bits per heavy atom. The highest BCUT2D eigenvalue weighted by Gasteiger charge is 2.62. The number of carbonyl (C=O) groups is 2. The first-order valence-electron chi connectivity index (χ1n) is 9.64.